The Kier molecular flexibility index (Phi) is 7.70. The first-order chi connectivity index (χ1) is 10.5. The molecule has 2 rings (SSSR count). The predicted molar refractivity (Wildman–Crippen MR) is 95.2 cm³/mol. The molecule has 1 heterocycles. The highest BCUT2D eigenvalue weighted by molar-refractivity contribution is 5.85. The van der Waals surface area contributed by atoms with Crippen LogP contribution in [-0.4, -0.2) is 31.0 Å². The number of H-pyrrole nitrogens is 1. The van der Waals surface area contributed by atoms with Gasteiger partial charge in [-0.05, 0) is 57.2 Å². The number of hydrogen-bond donors (Lipinski definition) is 1. The summed E-state index contributed by atoms with van der Waals surface area (Å²) < 4.78 is 0. The van der Waals surface area contributed by atoms with E-state index in [9.17, 15) is 0 Å². The summed E-state index contributed by atoms with van der Waals surface area (Å²) in [5.41, 5.74) is 3.22. The van der Waals surface area contributed by atoms with Gasteiger partial charge in [0, 0.05) is 17.1 Å². The number of aromatic nitrogens is 1. The van der Waals surface area contributed by atoms with Crippen molar-refractivity contribution < 1.29 is 0 Å². The maximum absolute atomic E-state index is 8.98. The lowest BCUT2D eigenvalue weighted by molar-refractivity contribution is 0.505. The second-order valence-electron chi connectivity index (χ2n) is 6.35. The molecule has 1 N–H and O–H groups in total. The van der Waals surface area contributed by atoms with Gasteiger partial charge in [0.25, 0.3) is 0 Å². The molecule has 120 valence electrons. The van der Waals surface area contributed by atoms with Crippen molar-refractivity contribution in [1.82, 2.24) is 9.88 Å². The van der Waals surface area contributed by atoms with Gasteiger partial charge in [-0.25, -0.2) is 0 Å². The van der Waals surface area contributed by atoms with Gasteiger partial charge in [0.15, 0.2) is 0 Å². The van der Waals surface area contributed by atoms with Crippen molar-refractivity contribution in [2.75, 3.05) is 21.1 Å². The second-order valence-corrected chi connectivity index (χ2v) is 6.35. The third-order valence-electron chi connectivity index (χ3n) is 3.61. The maximum Gasteiger partial charge on any atom is 0.0991 e. The third kappa shape index (κ3) is 5.54. The smallest absolute Gasteiger partial charge is 0.0991 e. The van der Waals surface area contributed by atoms with E-state index in [1.165, 1.54) is 36.6 Å². The Morgan fingerprint density at radius 2 is 1.91 bits per heavy atom. The van der Waals surface area contributed by atoms with Gasteiger partial charge in [0.1, 0.15) is 0 Å². The average molecular weight is 299 g/mol. The number of unbranched alkanes of at least 4 members (excludes halogenated alkanes) is 2. The highest BCUT2D eigenvalue weighted by Crippen LogP contribution is 2.29. The van der Waals surface area contributed by atoms with Gasteiger partial charge in [0.2, 0.25) is 0 Å². The molecular formula is C19H29N3. The quantitative estimate of drug-likeness (QED) is 0.798. The zero-order valence-electron chi connectivity index (χ0n) is 14.6. The molecule has 3 nitrogen and oxygen atoms in total. The van der Waals surface area contributed by atoms with Crippen molar-refractivity contribution in [3.63, 3.8) is 0 Å². The largest absolute Gasteiger partial charge is 0.361 e. The van der Waals surface area contributed by atoms with Crippen LogP contribution < -0.4 is 0 Å². The van der Waals surface area contributed by atoms with Crippen LogP contribution in [0.1, 0.15) is 56.6 Å². The molecule has 0 spiro atoms. The van der Waals surface area contributed by atoms with Crippen molar-refractivity contribution in [2.45, 2.75) is 45.4 Å². The van der Waals surface area contributed by atoms with Crippen molar-refractivity contribution in [1.29, 1.82) is 5.26 Å². The summed E-state index contributed by atoms with van der Waals surface area (Å²) in [5, 5.41) is 10.2. The summed E-state index contributed by atoms with van der Waals surface area (Å²) in [4.78, 5) is 5.30. The van der Waals surface area contributed by atoms with E-state index in [0.717, 1.165) is 11.1 Å². The fourth-order valence-electron chi connectivity index (χ4n) is 2.48. The third-order valence-corrected chi connectivity index (χ3v) is 3.61. The van der Waals surface area contributed by atoms with E-state index in [0.29, 0.717) is 5.92 Å². The summed E-state index contributed by atoms with van der Waals surface area (Å²) in [7, 11) is 6.00. The minimum absolute atomic E-state index is 0.555. The van der Waals surface area contributed by atoms with E-state index in [4.69, 9.17) is 5.26 Å². The van der Waals surface area contributed by atoms with Gasteiger partial charge in [0.05, 0.1) is 11.6 Å². The fourth-order valence-corrected chi connectivity index (χ4v) is 2.48. The van der Waals surface area contributed by atoms with Crippen LogP contribution in [0.2, 0.25) is 0 Å². The van der Waals surface area contributed by atoms with Gasteiger partial charge in [-0.3, -0.25) is 0 Å². The Balaban J connectivity index is 0.000000541. The van der Waals surface area contributed by atoms with Crippen molar-refractivity contribution in [3.05, 3.63) is 35.5 Å². The molecule has 1 aromatic heterocycles. The summed E-state index contributed by atoms with van der Waals surface area (Å²) >= 11 is 0. The second kappa shape index (κ2) is 9.27. The first kappa shape index (κ1) is 18.3. The molecule has 1 aromatic carbocycles. The van der Waals surface area contributed by atoms with Crippen LogP contribution in [-0.2, 0) is 0 Å². The number of benzene rings is 1. The first-order valence-corrected chi connectivity index (χ1v) is 8.11. The highest BCUT2D eigenvalue weighted by Gasteiger charge is 2.11. The fraction of sp³-hybridized carbons (Fsp3) is 0.526. The molecule has 0 aliphatic rings. The first-order valence-electron chi connectivity index (χ1n) is 8.11. The molecule has 0 bridgehead atoms. The molecule has 0 aliphatic heterocycles. The molecule has 0 fully saturated rings. The van der Waals surface area contributed by atoms with Gasteiger partial charge >= 0.3 is 0 Å². The Labute approximate surface area is 134 Å². The van der Waals surface area contributed by atoms with Crippen LogP contribution in [0.5, 0.6) is 0 Å². The van der Waals surface area contributed by atoms with Crippen LogP contribution in [0.15, 0.2) is 24.4 Å². The minimum atomic E-state index is 0.555. The monoisotopic (exact) mass is 299 g/mol. The number of hydrogen-bond acceptors (Lipinski definition) is 2. The van der Waals surface area contributed by atoms with E-state index >= 15 is 0 Å². The van der Waals surface area contributed by atoms with Crippen LogP contribution in [0.25, 0.3) is 10.9 Å². The Morgan fingerprint density at radius 3 is 2.50 bits per heavy atom. The SMILES string of the molecule is CCCCCC(C)c1c[nH]c2ccc(C#N)cc12.CN(C)C. The normalized spacial score (nSPS) is 11.9. The van der Waals surface area contributed by atoms with Crippen molar-refractivity contribution in [3.8, 4) is 6.07 Å². The molecule has 0 radical (unpaired) electrons. The van der Waals surface area contributed by atoms with E-state index in [-0.39, 0.29) is 0 Å². The van der Waals surface area contributed by atoms with Crippen molar-refractivity contribution in [2.24, 2.45) is 0 Å². The zero-order chi connectivity index (χ0) is 16.5. The van der Waals surface area contributed by atoms with E-state index in [1.807, 2.05) is 44.2 Å². The summed E-state index contributed by atoms with van der Waals surface area (Å²) in [5.74, 6) is 0.555. The lowest BCUT2D eigenvalue weighted by Gasteiger charge is -2.10. The maximum atomic E-state index is 8.98. The molecule has 22 heavy (non-hydrogen) atoms. The molecule has 3 heteroatoms. The highest BCUT2D eigenvalue weighted by atomic mass is 15.0. The van der Waals surface area contributed by atoms with Gasteiger partial charge in [-0.15, -0.1) is 0 Å². The van der Waals surface area contributed by atoms with Crippen LogP contribution in [0, 0.1) is 11.3 Å². The molecule has 0 saturated heterocycles. The van der Waals surface area contributed by atoms with Gasteiger partial charge in [-0.2, -0.15) is 5.26 Å². The Hall–Kier alpha value is -1.79. The minimum Gasteiger partial charge on any atom is -0.361 e. The molecule has 0 amide bonds. The van der Waals surface area contributed by atoms with Crippen LogP contribution in [0.4, 0.5) is 0 Å². The van der Waals surface area contributed by atoms with Crippen LogP contribution in [0.3, 0.4) is 0 Å². The number of rotatable bonds is 5. The van der Waals surface area contributed by atoms with Crippen LogP contribution >= 0.6 is 0 Å². The van der Waals surface area contributed by atoms with Crippen molar-refractivity contribution >= 4 is 10.9 Å². The zero-order valence-corrected chi connectivity index (χ0v) is 14.6. The van der Waals surface area contributed by atoms with E-state index in [2.05, 4.69) is 31.1 Å². The predicted octanol–water partition coefficient (Wildman–Crippen LogP) is 4.90. The van der Waals surface area contributed by atoms with E-state index in [1.54, 1.807) is 0 Å². The topological polar surface area (TPSA) is 42.8 Å². The number of nitrogens with one attached hydrogen (secondary N) is 1. The average Bonchev–Trinajstić information content (AvgIpc) is 2.89. The molecular weight excluding hydrogens is 270 g/mol. The Bertz CT molecular complexity index is 602. The van der Waals surface area contributed by atoms with Gasteiger partial charge in [-0.1, -0.05) is 33.1 Å². The molecule has 1 atom stereocenters. The standard InChI is InChI=1S/C16H20N2.C3H9N/c1-3-4-5-6-12(2)15-11-18-16-8-7-13(10-17)9-14(15)16;1-4(2)3/h7-9,11-12,18H,3-6H2,1-2H3;1-3H3. The van der Waals surface area contributed by atoms with E-state index < -0.39 is 0 Å². The number of nitriles is 1. The summed E-state index contributed by atoms with van der Waals surface area (Å²) in [6, 6.07) is 8.07. The van der Waals surface area contributed by atoms with Gasteiger partial charge < -0.3 is 9.88 Å². The summed E-state index contributed by atoms with van der Waals surface area (Å²) in [6.07, 6.45) is 7.16. The molecule has 1 unspecified atom stereocenters. The molecule has 0 aliphatic carbocycles. The summed E-state index contributed by atoms with van der Waals surface area (Å²) in [6.45, 7) is 4.51. The number of nitrogens with zero attached hydrogens (tertiary/aromatic N) is 2. The molecule has 0 saturated carbocycles. The lowest BCUT2D eigenvalue weighted by Crippen LogP contribution is -1.99. The number of aromatic amines is 1. The Morgan fingerprint density at radius 1 is 1.23 bits per heavy atom. The lowest BCUT2D eigenvalue weighted by atomic mass is 9.94. The molecule has 2 aromatic rings. The number of fused-ring (bicyclic) bond motifs is 1.